The molecule has 0 saturated heterocycles. The van der Waals surface area contributed by atoms with Gasteiger partial charge in [-0.05, 0) is 19.1 Å². The molecule has 0 aliphatic rings. The molecule has 0 aliphatic heterocycles. The predicted octanol–water partition coefficient (Wildman–Crippen LogP) is 0.467. The highest BCUT2D eigenvalue weighted by atomic mass is 16.6. The average molecular weight is 226 g/mol. The van der Waals surface area contributed by atoms with Gasteiger partial charge in [-0.2, -0.15) is 0 Å². The van der Waals surface area contributed by atoms with E-state index in [-0.39, 0.29) is 30.5 Å². The van der Waals surface area contributed by atoms with Crippen LogP contribution in [0.5, 0.6) is 0 Å². The molecule has 2 N–H and O–H groups in total. The van der Waals surface area contributed by atoms with Gasteiger partial charge in [0, 0.05) is 13.0 Å². The first-order valence-electron chi connectivity index (χ1n) is 4.96. The van der Waals surface area contributed by atoms with Gasteiger partial charge in [0.05, 0.1) is 12.9 Å². The third-order valence-corrected chi connectivity index (χ3v) is 1.71. The molecule has 0 aromatic carbocycles. The van der Waals surface area contributed by atoms with Gasteiger partial charge in [0.2, 0.25) is 5.91 Å². The largest absolute Gasteiger partial charge is 0.459 e. The Hall–Kier alpha value is -1.82. The van der Waals surface area contributed by atoms with Gasteiger partial charge >= 0.3 is 0 Å². The van der Waals surface area contributed by atoms with E-state index in [0.717, 1.165) is 0 Å². The van der Waals surface area contributed by atoms with Gasteiger partial charge in [-0.15, -0.1) is 0 Å². The monoisotopic (exact) mass is 226 g/mol. The van der Waals surface area contributed by atoms with Crippen molar-refractivity contribution in [3.63, 3.8) is 0 Å². The zero-order chi connectivity index (χ0) is 11.8. The minimum Gasteiger partial charge on any atom is -0.459 e. The molecule has 6 nitrogen and oxygen atoms in total. The topological polar surface area (TPSA) is 80.6 Å². The Morgan fingerprint density at radius 3 is 2.94 bits per heavy atom. The lowest BCUT2D eigenvalue weighted by molar-refractivity contribution is -0.133. The molecule has 0 radical (unpaired) electrons. The van der Waals surface area contributed by atoms with E-state index >= 15 is 0 Å². The van der Waals surface area contributed by atoms with Crippen LogP contribution in [0.25, 0.3) is 0 Å². The number of rotatable bonds is 6. The summed E-state index contributed by atoms with van der Waals surface area (Å²) in [5.74, 6) is -0.388. The normalized spacial score (nSPS) is 9.81. The molecular formula is C10H14N2O4. The van der Waals surface area contributed by atoms with Gasteiger partial charge < -0.3 is 9.73 Å². The lowest BCUT2D eigenvalue weighted by Crippen LogP contribution is -2.30. The van der Waals surface area contributed by atoms with Crippen LogP contribution in [0.4, 0.5) is 0 Å². The summed E-state index contributed by atoms with van der Waals surface area (Å²) < 4.78 is 4.88. The fraction of sp³-hybridized carbons (Fsp3) is 0.400. The fourth-order valence-corrected chi connectivity index (χ4v) is 0.988. The molecule has 0 atom stereocenters. The van der Waals surface area contributed by atoms with E-state index < -0.39 is 0 Å². The standard InChI is InChI=1S/C10H14N2O4/c1-2-16-12-9(13)5-6-11-10(14)8-4-3-7-15-8/h3-4,7H,2,5-6H2,1H3,(H,11,14)(H,12,13). The minimum absolute atomic E-state index is 0.159. The fourth-order valence-electron chi connectivity index (χ4n) is 0.988. The Morgan fingerprint density at radius 2 is 2.31 bits per heavy atom. The Morgan fingerprint density at radius 1 is 1.50 bits per heavy atom. The first-order chi connectivity index (χ1) is 7.74. The number of hydroxylamine groups is 1. The molecule has 0 saturated carbocycles. The third-order valence-electron chi connectivity index (χ3n) is 1.71. The van der Waals surface area contributed by atoms with Crippen LogP contribution in [0.2, 0.25) is 0 Å². The molecule has 0 aliphatic carbocycles. The van der Waals surface area contributed by atoms with Gasteiger partial charge in [0.25, 0.3) is 5.91 Å². The van der Waals surface area contributed by atoms with Crippen LogP contribution in [0.1, 0.15) is 23.9 Å². The van der Waals surface area contributed by atoms with E-state index in [2.05, 4.69) is 10.8 Å². The van der Waals surface area contributed by atoms with Crippen molar-refractivity contribution >= 4 is 11.8 Å². The molecule has 0 bridgehead atoms. The third kappa shape index (κ3) is 4.14. The zero-order valence-electron chi connectivity index (χ0n) is 8.99. The highest BCUT2D eigenvalue weighted by Crippen LogP contribution is 1.98. The minimum atomic E-state index is -0.339. The maximum Gasteiger partial charge on any atom is 0.286 e. The molecule has 6 heteroatoms. The second-order valence-corrected chi connectivity index (χ2v) is 2.94. The lowest BCUT2D eigenvalue weighted by Gasteiger charge is -2.04. The van der Waals surface area contributed by atoms with Crippen LogP contribution in [0.15, 0.2) is 22.8 Å². The molecule has 1 aromatic heterocycles. The predicted molar refractivity (Wildman–Crippen MR) is 55.4 cm³/mol. The van der Waals surface area contributed by atoms with Gasteiger partial charge in [0.15, 0.2) is 5.76 Å². The lowest BCUT2D eigenvalue weighted by atomic mass is 10.4. The van der Waals surface area contributed by atoms with Gasteiger partial charge in [0.1, 0.15) is 0 Å². The van der Waals surface area contributed by atoms with Crippen molar-refractivity contribution in [2.45, 2.75) is 13.3 Å². The van der Waals surface area contributed by atoms with Crippen molar-refractivity contribution in [3.05, 3.63) is 24.2 Å². The first-order valence-corrected chi connectivity index (χ1v) is 4.96. The SMILES string of the molecule is CCONC(=O)CCNC(=O)c1ccco1. The van der Waals surface area contributed by atoms with Crippen LogP contribution in [0.3, 0.4) is 0 Å². The molecule has 1 aromatic rings. The first kappa shape index (κ1) is 12.3. The van der Waals surface area contributed by atoms with E-state index in [1.54, 1.807) is 19.1 Å². The molecule has 1 rings (SSSR count). The number of carbonyl (C=O) groups excluding carboxylic acids is 2. The number of carbonyl (C=O) groups is 2. The molecule has 2 amide bonds. The molecule has 1 heterocycles. The average Bonchev–Trinajstić information content (AvgIpc) is 2.79. The van der Waals surface area contributed by atoms with Gasteiger partial charge in [-0.3, -0.25) is 14.4 Å². The summed E-state index contributed by atoms with van der Waals surface area (Å²) in [6.45, 7) is 2.40. The zero-order valence-corrected chi connectivity index (χ0v) is 8.99. The van der Waals surface area contributed by atoms with Crippen LogP contribution >= 0.6 is 0 Å². The number of furan rings is 1. The van der Waals surface area contributed by atoms with Crippen molar-refractivity contribution in [2.75, 3.05) is 13.2 Å². The summed E-state index contributed by atoms with van der Waals surface area (Å²) in [7, 11) is 0. The highest BCUT2D eigenvalue weighted by Gasteiger charge is 2.08. The van der Waals surface area contributed by atoms with Gasteiger partial charge in [-0.1, -0.05) is 0 Å². The van der Waals surface area contributed by atoms with Crippen LogP contribution in [-0.4, -0.2) is 25.0 Å². The van der Waals surface area contributed by atoms with Crippen LogP contribution in [-0.2, 0) is 9.63 Å². The van der Waals surface area contributed by atoms with Crippen molar-refractivity contribution in [1.82, 2.24) is 10.8 Å². The van der Waals surface area contributed by atoms with Crippen molar-refractivity contribution < 1.29 is 18.8 Å². The number of hydrogen-bond acceptors (Lipinski definition) is 4. The summed E-state index contributed by atoms with van der Waals surface area (Å²) in [6, 6.07) is 3.17. The maximum atomic E-state index is 11.3. The summed E-state index contributed by atoms with van der Waals surface area (Å²) in [5.41, 5.74) is 2.23. The Kier molecular flexibility index (Phi) is 5.07. The molecule has 0 fully saturated rings. The second kappa shape index (κ2) is 6.62. The summed E-state index contributed by atoms with van der Waals surface area (Å²) in [6.07, 6.45) is 1.57. The van der Waals surface area contributed by atoms with Crippen LogP contribution in [0, 0.1) is 0 Å². The van der Waals surface area contributed by atoms with E-state index in [9.17, 15) is 9.59 Å². The highest BCUT2D eigenvalue weighted by molar-refractivity contribution is 5.91. The summed E-state index contributed by atoms with van der Waals surface area (Å²) >= 11 is 0. The Balaban J connectivity index is 2.16. The molecular weight excluding hydrogens is 212 g/mol. The summed E-state index contributed by atoms with van der Waals surface area (Å²) in [4.78, 5) is 27.1. The maximum absolute atomic E-state index is 11.3. The summed E-state index contributed by atoms with van der Waals surface area (Å²) in [5, 5.41) is 2.54. The van der Waals surface area contributed by atoms with Gasteiger partial charge in [-0.25, -0.2) is 5.48 Å². The van der Waals surface area contributed by atoms with Crippen molar-refractivity contribution in [2.24, 2.45) is 0 Å². The smallest absolute Gasteiger partial charge is 0.286 e. The number of nitrogens with one attached hydrogen (secondary N) is 2. The molecule has 88 valence electrons. The second-order valence-electron chi connectivity index (χ2n) is 2.94. The molecule has 0 spiro atoms. The van der Waals surface area contributed by atoms with E-state index in [1.807, 2.05) is 0 Å². The van der Waals surface area contributed by atoms with Crippen molar-refractivity contribution in [1.29, 1.82) is 0 Å². The molecule has 0 unspecified atom stereocenters. The number of hydrogen-bond donors (Lipinski definition) is 2. The van der Waals surface area contributed by atoms with E-state index in [4.69, 9.17) is 9.25 Å². The van der Waals surface area contributed by atoms with Crippen molar-refractivity contribution in [3.8, 4) is 0 Å². The van der Waals surface area contributed by atoms with E-state index in [0.29, 0.717) is 6.61 Å². The Labute approximate surface area is 92.9 Å². The number of amides is 2. The molecule has 16 heavy (non-hydrogen) atoms. The quantitative estimate of drug-likeness (QED) is 0.691. The Bertz CT molecular complexity index is 335. The van der Waals surface area contributed by atoms with E-state index in [1.165, 1.54) is 6.26 Å². The van der Waals surface area contributed by atoms with Crippen LogP contribution < -0.4 is 10.8 Å².